The average Bonchev–Trinajstić information content (AvgIpc) is 3.44. The summed E-state index contributed by atoms with van der Waals surface area (Å²) in [6.07, 6.45) is 2.09. The number of carbonyl (C=O) groups is 3. The van der Waals surface area contributed by atoms with Crippen LogP contribution in [0.2, 0.25) is 0 Å². The molecule has 7 nitrogen and oxygen atoms in total. The molecular formula is C36H36N2O5. The number of nitrogens with one attached hydrogen (secondary N) is 1. The predicted octanol–water partition coefficient (Wildman–Crippen LogP) is 6.33. The molecule has 2 N–H and O–H groups in total. The van der Waals surface area contributed by atoms with Crippen LogP contribution in [0.1, 0.15) is 63.2 Å². The number of carboxylic acid groups (broad SMARTS) is 1. The van der Waals surface area contributed by atoms with Crippen molar-refractivity contribution in [3.8, 4) is 16.9 Å². The third kappa shape index (κ3) is 6.95. The quantitative estimate of drug-likeness (QED) is 0.206. The lowest BCUT2D eigenvalue weighted by atomic mass is 9.94. The maximum Gasteiger partial charge on any atom is 0.305 e. The fourth-order valence-electron chi connectivity index (χ4n) is 5.74. The second-order valence-corrected chi connectivity index (χ2v) is 10.6. The number of aryl methyl sites for hydroxylation is 1. The molecule has 4 aromatic carbocycles. The number of nitrogens with zero attached hydrogens (tertiary/aromatic N) is 1. The summed E-state index contributed by atoms with van der Waals surface area (Å²) in [4.78, 5) is 40.8. The molecular weight excluding hydrogens is 540 g/mol. The Balaban J connectivity index is 1.42. The fraction of sp³-hybridized carbons (Fsp3) is 0.250. The first-order valence-corrected chi connectivity index (χ1v) is 14.7. The van der Waals surface area contributed by atoms with Gasteiger partial charge in [0, 0.05) is 24.2 Å². The van der Waals surface area contributed by atoms with Gasteiger partial charge >= 0.3 is 5.97 Å². The molecule has 2 amide bonds. The van der Waals surface area contributed by atoms with Crippen LogP contribution in [0.25, 0.3) is 11.1 Å². The summed E-state index contributed by atoms with van der Waals surface area (Å²) >= 11 is 0. The van der Waals surface area contributed by atoms with E-state index >= 15 is 0 Å². The standard InChI is InChI=1S/C36H36N2O5/c1-2-43-33-18-10-4-12-26(33)21-23-38(24-22-34(39)40)36(42)31-17-9-7-15-29(31)28-14-6-8-16-30(28)35(41)37-32-20-19-25-11-3-5-13-27(25)32/h3-18,32H,2,19-24H2,1H3,(H,37,41)(H,39,40). The number of rotatable bonds is 12. The number of carboxylic acids is 1. The highest BCUT2D eigenvalue weighted by molar-refractivity contribution is 6.06. The Bertz CT molecular complexity index is 1610. The van der Waals surface area contributed by atoms with E-state index in [0.717, 1.165) is 29.7 Å². The minimum absolute atomic E-state index is 0.0581. The van der Waals surface area contributed by atoms with Crippen molar-refractivity contribution >= 4 is 17.8 Å². The van der Waals surface area contributed by atoms with Crippen molar-refractivity contribution in [2.24, 2.45) is 0 Å². The highest BCUT2D eigenvalue weighted by Crippen LogP contribution is 2.33. The summed E-state index contributed by atoms with van der Waals surface area (Å²) in [7, 11) is 0. The van der Waals surface area contributed by atoms with Crippen molar-refractivity contribution in [3.63, 3.8) is 0 Å². The number of hydrogen-bond donors (Lipinski definition) is 2. The molecule has 5 rings (SSSR count). The number of amides is 2. The molecule has 0 bridgehead atoms. The Morgan fingerprint density at radius 2 is 1.49 bits per heavy atom. The van der Waals surface area contributed by atoms with E-state index in [2.05, 4.69) is 17.4 Å². The van der Waals surface area contributed by atoms with Gasteiger partial charge in [-0.15, -0.1) is 0 Å². The van der Waals surface area contributed by atoms with Gasteiger partial charge in [-0.25, -0.2) is 0 Å². The van der Waals surface area contributed by atoms with Crippen molar-refractivity contribution in [1.29, 1.82) is 0 Å². The van der Waals surface area contributed by atoms with E-state index in [4.69, 9.17) is 4.74 Å². The van der Waals surface area contributed by atoms with Crippen LogP contribution in [0.4, 0.5) is 0 Å². The molecule has 0 fully saturated rings. The first-order chi connectivity index (χ1) is 21.0. The summed E-state index contributed by atoms with van der Waals surface area (Å²) < 4.78 is 5.76. The summed E-state index contributed by atoms with van der Waals surface area (Å²) in [6.45, 7) is 2.81. The first kappa shape index (κ1) is 29.6. The van der Waals surface area contributed by atoms with Crippen LogP contribution < -0.4 is 10.1 Å². The molecule has 0 aliphatic heterocycles. The highest BCUT2D eigenvalue weighted by Gasteiger charge is 2.26. The molecule has 43 heavy (non-hydrogen) atoms. The molecule has 0 heterocycles. The topological polar surface area (TPSA) is 95.9 Å². The molecule has 1 atom stereocenters. The fourth-order valence-corrected chi connectivity index (χ4v) is 5.74. The van der Waals surface area contributed by atoms with Crippen molar-refractivity contribution in [3.05, 3.63) is 125 Å². The third-order valence-electron chi connectivity index (χ3n) is 7.86. The second kappa shape index (κ2) is 13.8. The average molecular weight is 577 g/mol. The predicted molar refractivity (Wildman–Crippen MR) is 166 cm³/mol. The lowest BCUT2D eigenvalue weighted by Crippen LogP contribution is -2.35. The minimum Gasteiger partial charge on any atom is -0.494 e. The van der Waals surface area contributed by atoms with Gasteiger partial charge in [0.25, 0.3) is 11.8 Å². The zero-order valence-corrected chi connectivity index (χ0v) is 24.3. The van der Waals surface area contributed by atoms with Crippen molar-refractivity contribution in [1.82, 2.24) is 10.2 Å². The third-order valence-corrected chi connectivity index (χ3v) is 7.86. The maximum absolute atomic E-state index is 14.1. The van der Waals surface area contributed by atoms with Gasteiger partial charge in [-0.2, -0.15) is 0 Å². The van der Waals surface area contributed by atoms with Crippen LogP contribution in [-0.4, -0.2) is 47.5 Å². The van der Waals surface area contributed by atoms with Crippen molar-refractivity contribution < 1.29 is 24.2 Å². The maximum atomic E-state index is 14.1. The largest absolute Gasteiger partial charge is 0.494 e. The number of carbonyl (C=O) groups excluding carboxylic acids is 2. The van der Waals surface area contributed by atoms with E-state index < -0.39 is 5.97 Å². The number of ether oxygens (including phenoxy) is 1. The van der Waals surface area contributed by atoms with Crippen LogP contribution in [0.3, 0.4) is 0 Å². The van der Waals surface area contributed by atoms with Crippen LogP contribution in [0.5, 0.6) is 5.75 Å². The molecule has 7 heteroatoms. The molecule has 1 unspecified atom stereocenters. The molecule has 1 aliphatic carbocycles. The Morgan fingerprint density at radius 1 is 0.837 bits per heavy atom. The zero-order chi connectivity index (χ0) is 30.2. The molecule has 0 aromatic heterocycles. The summed E-state index contributed by atoms with van der Waals surface area (Å²) in [5.74, 6) is -0.711. The Morgan fingerprint density at radius 3 is 2.26 bits per heavy atom. The molecule has 220 valence electrons. The van der Waals surface area contributed by atoms with E-state index in [-0.39, 0.29) is 30.8 Å². The van der Waals surface area contributed by atoms with Gasteiger partial charge in [0.05, 0.1) is 19.1 Å². The summed E-state index contributed by atoms with van der Waals surface area (Å²) in [6, 6.07) is 30.3. The van der Waals surface area contributed by atoms with E-state index in [9.17, 15) is 19.5 Å². The number of aliphatic carboxylic acids is 1. The molecule has 4 aromatic rings. The lowest BCUT2D eigenvalue weighted by molar-refractivity contribution is -0.137. The van der Waals surface area contributed by atoms with Crippen LogP contribution in [-0.2, 0) is 17.6 Å². The second-order valence-electron chi connectivity index (χ2n) is 10.6. The zero-order valence-electron chi connectivity index (χ0n) is 24.3. The highest BCUT2D eigenvalue weighted by atomic mass is 16.5. The molecule has 0 spiro atoms. The van der Waals surface area contributed by atoms with E-state index in [1.165, 1.54) is 5.56 Å². The molecule has 0 saturated heterocycles. The molecule has 1 aliphatic rings. The number of fused-ring (bicyclic) bond motifs is 1. The molecule has 0 radical (unpaired) electrons. The van der Waals surface area contributed by atoms with Crippen molar-refractivity contribution in [2.75, 3.05) is 19.7 Å². The first-order valence-electron chi connectivity index (χ1n) is 14.7. The molecule has 0 saturated carbocycles. The number of para-hydroxylation sites is 1. The lowest BCUT2D eigenvalue weighted by Gasteiger charge is -2.24. The Kier molecular flexibility index (Phi) is 9.52. The van der Waals surface area contributed by atoms with Gasteiger partial charge in [0.1, 0.15) is 5.75 Å². The summed E-state index contributed by atoms with van der Waals surface area (Å²) in [5.41, 5.74) is 5.51. The van der Waals surface area contributed by atoms with Crippen LogP contribution in [0.15, 0.2) is 97.1 Å². The van der Waals surface area contributed by atoms with Gasteiger partial charge in [-0.05, 0) is 72.2 Å². The van der Waals surface area contributed by atoms with Gasteiger partial charge < -0.3 is 20.1 Å². The smallest absolute Gasteiger partial charge is 0.305 e. The number of benzene rings is 4. The van der Waals surface area contributed by atoms with Gasteiger partial charge in [0.15, 0.2) is 0 Å². The van der Waals surface area contributed by atoms with E-state index in [0.29, 0.717) is 41.8 Å². The Hall–Kier alpha value is -4.91. The van der Waals surface area contributed by atoms with Gasteiger partial charge in [-0.1, -0.05) is 78.9 Å². The van der Waals surface area contributed by atoms with Crippen LogP contribution >= 0.6 is 0 Å². The van der Waals surface area contributed by atoms with Crippen LogP contribution in [0, 0.1) is 0 Å². The summed E-state index contributed by atoms with van der Waals surface area (Å²) in [5, 5.41) is 12.6. The minimum atomic E-state index is -0.976. The van der Waals surface area contributed by atoms with E-state index in [1.807, 2.05) is 73.7 Å². The van der Waals surface area contributed by atoms with E-state index in [1.54, 1.807) is 23.1 Å². The van der Waals surface area contributed by atoms with Gasteiger partial charge in [0.2, 0.25) is 0 Å². The van der Waals surface area contributed by atoms with Crippen molar-refractivity contribution in [2.45, 2.75) is 38.6 Å². The Labute approximate surface area is 252 Å². The van der Waals surface area contributed by atoms with Gasteiger partial charge in [-0.3, -0.25) is 14.4 Å². The number of hydrogen-bond acceptors (Lipinski definition) is 4. The SMILES string of the molecule is CCOc1ccccc1CCN(CCC(=O)O)C(=O)c1ccccc1-c1ccccc1C(=O)NC1CCc2ccccc21. The monoisotopic (exact) mass is 576 g/mol. The normalized spacial score (nSPS) is 13.7.